The number of fused-ring (bicyclic) bond motifs is 1. The van der Waals surface area contributed by atoms with Gasteiger partial charge in [0.15, 0.2) is 5.96 Å². The first-order valence-electron chi connectivity index (χ1n) is 9.82. The average Bonchev–Trinajstić information content (AvgIpc) is 3.52. The molecule has 2 aliphatic rings. The molecule has 8 nitrogen and oxygen atoms in total. The summed E-state index contributed by atoms with van der Waals surface area (Å²) in [5.41, 5.74) is 8.54. The highest BCUT2D eigenvalue weighted by Gasteiger charge is 2.28. The second-order valence-electron chi connectivity index (χ2n) is 7.32. The van der Waals surface area contributed by atoms with Crippen molar-refractivity contribution in [2.75, 3.05) is 31.1 Å². The number of nitrogens with two attached hydrogens (primary N) is 1. The lowest BCUT2D eigenvalue weighted by atomic mass is 10.3. The molecule has 0 bridgehead atoms. The summed E-state index contributed by atoms with van der Waals surface area (Å²) in [7, 11) is 0. The minimum Gasteiger partial charge on any atom is -0.370 e. The normalized spacial score (nSPS) is 18.1. The lowest BCUT2D eigenvalue weighted by Gasteiger charge is -2.35. The first-order valence-corrected chi connectivity index (χ1v) is 9.82. The Morgan fingerprint density at radius 1 is 1.04 bits per heavy atom. The molecular weight excluding hydrogens is 352 g/mol. The van der Waals surface area contributed by atoms with E-state index in [1.807, 2.05) is 12.1 Å². The number of aromatic nitrogens is 4. The Morgan fingerprint density at radius 3 is 2.54 bits per heavy atom. The number of para-hydroxylation sites is 2. The zero-order valence-electron chi connectivity index (χ0n) is 15.8. The molecule has 1 saturated heterocycles. The van der Waals surface area contributed by atoms with Crippen LogP contribution in [-0.4, -0.2) is 56.6 Å². The molecule has 2 N–H and O–H groups in total. The summed E-state index contributed by atoms with van der Waals surface area (Å²) in [6, 6.07) is 10.7. The number of anilines is 1. The first-order chi connectivity index (χ1) is 13.8. The van der Waals surface area contributed by atoms with Gasteiger partial charge in [-0.2, -0.15) is 0 Å². The zero-order valence-corrected chi connectivity index (χ0v) is 15.8. The van der Waals surface area contributed by atoms with Crippen LogP contribution in [0.25, 0.3) is 11.0 Å². The number of hydrogen-bond donors (Lipinski definition) is 1. The summed E-state index contributed by atoms with van der Waals surface area (Å²) in [5.74, 6) is 2.36. The van der Waals surface area contributed by atoms with Crippen LogP contribution < -0.4 is 10.6 Å². The van der Waals surface area contributed by atoms with Crippen LogP contribution in [0, 0.1) is 0 Å². The Hall–Kier alpha value is -3.16. The monoisotopic (exact) mass is 376 g/mol. The lowest BCUT2D eigenvalue weighted by Crippen LogP contribution is -2.51. The number of imidazole rings is 1. The molecule has 8 heteroatoms. The van der Waals surface area contributed by atoms with Crippen molar-refractivity contribution in [1.29, 1.82) is 0 Å². The highest BCUT2D eigenvalue weighted by molar-refractivity contribution is 5.79. The Morgan fingerprint density at radius 2 is 1.79 bits per heavy atom. The highest BCUT2D eigenvalue weighted by atomic mass is 15.4. The van der Waals surface area contributed by atoms with E-state index < -0.39 is 0 Å². The smallest absolute Gasteiger partial charge is 0.225 e. The largest absolute Gasteiger partial charge is 0.370 e. The fraction of sp³-hybridized carbons (Fsp3) is 0.400. The molecule has 1 aliphatic heterocycles. The molecule has 1 saturated carbocycles. The van der Waals surface area contributed by atoms with E-state index >= 15 is 0 Å². The zero-order chi connectivity index (χ0) is 18.9. The summed E-state index contributed by atoms with van der Waals surface area (Å²) in [6.45, 7) is 3.81. The van der Waals surface area contributed by atoms with E-state index in [2.05, 4.69) is 47.5 Å². The molecule has 5 rings (SSSR count). The number of benzene rings is 1. The van der Waals surface area contributed by atoms with Gasteiger partial charge in [-0.05, 0) is 31.0 Å². The van der Waals surface area contributed by atoms with Crippen LogP contribution in [0.15, 0.2) is 47.7 Å². The van der Waals surface area contributed by atoms with Crippen LogP contribution in [0.4, 0.5) is 5.95 Å². The number of piperazine rings is 1. The van der Waals surface area contributed by atoms with Crippen molar-refractivity contribution in [2.45, 2.75) is 25.4 Å². The van der Waals surface area contributed by atoms with Crippen molar-refractivity contribution >= 4 is 22.9 Å². The van der Waals surface area contributed by atoms with E-state index in [-0.39, 0.29) is 0 Å². The molecular formula is C20H24N8. The summed E-state index contributed by atoms with van der Waals surface area (Å²) >= 11 is 0. The summed E-state index contributed by atoms with van der Waals surface area (Å²) < 4.78 is 2.34. The molecule has 2 aromatic heterocycles. The van der Waals surface area contributed by atoms with E-state index in [9.17, 15) is 0 Å². The summed E-state index contributed by atoms with van der Waals surface area (Å²) in [5, 5.41) is 0. The minimum absolute atomic E-state index is 0.513. The highest BCUT2D eigenvalue weighted by Crippen LogP contribution is 2.38. The van der Waals surface area contributed by atoms with Crippen molar-refractivity contribution in [3.05, 3.63) is 48.5 Å². The Bertz CT molecular complexity index is 984. The van der Waals surface area contributed by atoms with Gasteiger partial charge >= 0.3 is 0 Å². The number of guanidine groups is 1. The Kier molecular flexibility index (Phi) is 4.31. The van der Waals surface area contributed by atoms with Gasteiger partial charge < -0.3 is 20.1 Å². The fourth-order valence-corrected chi connectivity index (χ4v) is 3.79. The van der Waals surface area contributed by atoms with Gasteiger partial charge in [0.05, 0.1) is 11.0 Å². The molecule has 0 atom stereocenters. The van der Waals surface area contributed by atoms with Crippen LogP contribution in [0.2, 0.25) is 0 Å². The third kappa shape index (κ3) is 3.26. The number of aliphatic imine (C=N–C) groups is 1. The minimum atomic E-state index is 0.513. The van der Waals surface area contributed by atoms with E-state index in [4.69, 9.17) is 10.7 Å². The molecule has 1 aliphatic carbocycles. The second kappa shape index (κ2) is 7.10. The number of nitrogens with zero attached hydrogens (tertiary/aromatic N) is 7. The van der Waals surface area contributed by atoms with Gasteiger partial charge in [0.2, 0.25) is 5.95 Å². The van der Waals surface area contributed by atoms with Crippen molar-refractivity contribution in [3.8, 4) is 0 Å². The fourth-order valence-electron chi connectivity index (χ4n) is 3.79. The predicted octanol–water partition coefficient (Wildman–Crippen LogP) is 1.80. The molecule has 0 amide bonds. The van der Waals surface area contributed by atoms with Gasteiger partial charge in [0, 0.05) is 44.6 Å². The molecule has 3 aromatic rings. The van der Waals surface area contributed by atoms with E-state index in [0.29, 0.717) is 18.5 Å². The molecule has 0 radical (unpaired) electrons. The molecule has 28 heavy (non-hydrogen) atoms. The molecule has 0 unspecified atom stereocenters. The topological polar surface area (TPSA) is 88.5 Å². The Balaban J connectivity index is 1.27. The van der Waals surface area contributed by atoms with Gasteiger partial charge in [0.1, 0.15) is 12.4 Å². The van der Waals surface area contributed by atoms with Gasteiger partial charge in [0.25, 0.3) is 0 Å². The maximum atomic E-state index is 6.31. The average molecular weight is 376 g/mol. The van der Waals surface area contributed by atoms with Gasteiger partial charge in [-0.15, -0.1) is 0 Å². The van der Waals surface area contributed by atoms with Crippen LogP contribution in [0.1, 0.15) is 24.7 Å². The summed E-state index contributed by atoms with van der Waals surface area (Å²) in [4.78, 5) is 22.4. The van der Waals surface area contributed by atoms with Gasteiger partial charge in [-0.3, -0.25) is 0 Å². The van der Waals surface area contributed by atoms with E-state index in [1.54, 1.807) is 12.4 Å². The molecule has 144 valence electrons. The van der Waals surface area contributed by atoms with Crippen molar-refractivity contribution in [2.24, 2.45) is 10.7 Å². The van der Waals surface area contributed by atoms with Crippen molar-refractivity contribution in [3.63, 3.8) is 0 Å². The van der Waals surface area contributed by atoms with Crippen LogP contribution in [0.3, 0.4) is 0 Å². The second-order valence-corrected chi connectivity index (χ2v) is 7.32. The maximum Gasteiger partial charge on any atom is 0.225 e. The molecule has 1 aromatic carbocycles. The Labute approximate surface area is 163 Å². The summed E-state index contributed by atoms with van der Waals surface area (Å²) in [6.07, 6.45) is 5.99. The molecule has 2 fully saturated rings. The molecule has 3 heterocycles. The number of hydrogen-bond acceptors (Lipinski definition) is 5. The van der Waals surface area contributed by atoms with E-state index in [0.717, 1.165) is 43.5 Å². The molecule has 0 spiro atoms. The van der Waals surface area contributed by atoms with Crippen molar-refractivity contribution in [1.82, 2.24) is 24.4 Å². The van der Waals surface area contributed by atoms with Crippen molar-refractivity contribution < 1.29 is 0 Å². The van der Waals surface area contributed by atoms with Gasteiger partial charge in [-0.25, -0.2) is 19.9 Å². The van der Waals surface area contributed by atoms with E-state index in [1.165, 1.54) is 18.4 Å². The first kappa shape index (κ1) is 17.0. The predicted molar refractivity (Wildman–Crippen MR) is 109 cm³/mol. The third-order valence-corrected chi connectivity index (χ3v) is 5.40. The van der Waals surface area contributed by atoms with Crippen LogP contribution >= 0.6 is 0 Å². The van der Waals surface area contributed by atoms with Crippen LogP contribution in [0.5, 0.6) is 0 Å². The van der Waals surface area contributed by atoms with Crippen LogP contribution in [-0.2, 0) is 6.54 Å². The third-order valence-electron chi connectivity index (χ3n) is 5.40. The SMILES string of the molecule is NC(=NCc1nc2ccccc2n1C1CC1)N1CCN(c2ncccn2)CC1. The lowest BCUT2D eigenvalue weighted by molar-refractivity contribution is 0.378. The maximum absolute atomic E-state index is 6.31. The van der Waals surface area contributed by atoms with Gasteiger partial charge in [-0.1, -0.05) is 12.1 Å². The quantitative estimate of drug-likeness (QED) is 0.552. The standard InChI is InChI=1S/C20H24N8/c21-19(26-10-12-27(13-11-26)20-22-8-3-9-23-20)24-14-18-25-16-4-1-2-5-17(16)28(18)15-6-7-15/h1-5,8-9,15H,6-7,10-14H2,(H2,21,24). The number of rotatable bonds is 4.